The van der Waals surface area contributed by atoms with Crippen molar-refractivity contribution in [1.29, 1.82) is 0 Å². The first-order valence-corrected chi connectivity index (χ1v) is 9.23. The molecule has 1 aromatic heterocycles. The number of carbonyl (C=O) groups excluding carboxylic acids is 1. The van der Waals surface area contributed by atoms with E-state index in [4.69, 9.17) is 0 Å². The fourth-order valence-electron chi connectivity index (χ4n) is 2.48. The third-order valence-electron chi connectivity index (χ3n) is 3.78. The van der Waals surface area contributed by atoms with E-state index in [1.165, 1.54) is 15.6 Å². The molecule has 0 aromatic carbocycles. The van der Waals surface area contributed by atoms with Gasteiger partial charge in [0.05, 0.1) is 0 Å². The van der Waals surface area contributed by atoms with Gasteiger partial charge in [0.15, 0.2) is 0 Å². The second kappa shape index (κ2) is 5.46. The predicted molar refractivity (Wildman–Crippen MR) is 77.0 cm³/mol. The Morgan fingerprint density at radius 1 is 1.20 bits per heavy atom. The van der Waals surface area contributed by atoms with E-state index < -0.39 is 10.0 Å². The Labute approximate surface area is 123 Å². The van der Waals surface area contributed by atoms with Gasteiger partial charge >= 0.3 is 0 Å². The summed E-state index contributed by atoms with van der Waals surface area (Å²) in [4.78, 5) is 13.9. The van der Waals surface area contributed by atoms with Crippen molar-refractivity contribution in [2.45, 2.75) is 23.5 Å². The first-order chi connectivity index (χ1) is 9.59. The molecule has 0 bridgehead atoms. The molecule has 2 heterocycles. The van der Waals surface area contributed by atoms with Crippen LogP contribution in [-0.2, 0) is 14.8 Å². The lowest BCUT2D eigenvalue weighted by atomic mass is 10.3. The largest absolute Gasteiger partial charge is 0.341 e. The highest BCUT2D eigenvalue weighted by Gasteiger charge is 2.35. The quantitative estimate of drug-likeness (QED) is 0.847. The average molecular weight is 314 g/mol. The molecular formula is C13H18N2O3S2. The number of carbonyl (C=O) groups is 1. The molecule has 0 atom stereocenters. The SMILES string of the molecule is O=C(C1CC1)N1CCCN(S(=O)(=O)c2cccs2)CC1. The second-order valence-corrected chi connectivity index (χ2v) is 8.40. The zero-order chi connectivity index (χ0) is 14.2. The van der Waals surface area contributed by atoms with Gasteiger partial charge in [-0.3, -0.25) is 4.79 Å². The smallest absolute Gasteiger partial charge is 0.252 e. The molecular weight excluding hydrogens is 296 g/mol. The van der Waals surface area contributed by atoms with Crippen molar-refractivity contribution in [3.63, 3.8) is 0 Å². The number of rotatable bonds is 3. The summed E-state index contributed by atoms with van der Waals surface area (Å²) >= 11 is 1.24. The van der Waals surface area contributed by atoms with Gasteiger partial charge in [-0.25, -0.2) is 8.42 Å². The molecule has 2 aliphatic rings. The van der Waals surface area contributed by atoms with Gasteiger partial charge in [-0.15, -0.1) is 11.3 Å². The van der Waals surface area contributed by atoms with E-state index in [9.17, 15) is 13.2 Å². The van der Waals surface area contributed by atoms with Crippen molar-refractivity contribution in [3.05, 3.63) is 17.5 Å². The van der Waals surface area contributed by atoms with Crippen LogP contribution in [0.2, 0.25) is 0 Å². The molecule has 7 heteroatoms. The summed E-state index contributed by atoms with van der Waals surface area (Å²) in [6, 6.07) is 3.39. The van der Waals surface area contributed by atoms with Crippen LogP contribution in [0, 0.1) is 5.92 Å². The van der Waals surface area contributed by atoms with E-state index in [1.54, 1.807) is 17.5 Å². The molecule has 1 saturated heterocycles. The number of nitrogens with zero attached hydrogens (tertiary/aromatic N) is 2. The first-order valence-electron chi connectivity index (χ1n) is 6.91. The topological polar surface area (TPSA) is 57.7 Å². The maximum atomic E-state index is 12.5. The van der Waals surface area contributed by atoms with Gasteiger partial charge in [0.1, 0.15) is 4.21 Å². The second-order valence-electron chi connectivity index (χ2n) is 5.29. The number of hydrogen-bond acceptors (Lipinski definition) is 4. The third-order valence-corrected chi connectivity index (χ3v) is 7.05. The van der Waals surface area contributed by atoms with Crippen LogP contribution in [0.3, 0.4) is 0 Å². The Morgan fingerprint density at radius 2 is 2.00 bits per heavy atom. The van der Waals surface area contributed by atoms with Crippen LogP contribution in [0.1, 0.15) is 19.3 Å². The monoisotopic (exact) mass is 314 g/mol. The van der Waals surface area contributed by atoms with Crippen LogP contribution in [0.4, 0.5) is 0 Å². The summed E-state index contributed by atoms with van der Waals surface area (Å²) in [7, 11) is -3.38. The lowest BCUT2D eigenvalue weighted by molar-refractivity contribution is -0.132. The molecule has 1 amide bonds. The summed E-state index contributed by atoms with van der Waals surface area (Å²) in [6.45, 7) is 2.08. The third kappa shape index (κ3) is 2.75. The molecule has 0 radical (unpaired) electrons. The lowest BCUT2D eigenvalue weighted by Crippen LogP contribution is -2.37. The van der Waals surface area contributed by atoms with Crippen LogP contribution in [0.15, 0.2) is 21.7 Å². The Kier molecular flexibility index (Phi) is 3.83. The molecule has 0 spiro atoms. The van der Waals surface area contributed by atoms with Crippen molar-refractivity contribution in [1.82, 2.24) is 9.21 Å². The maximum absolute atomic E-state index is 12.5. The number of amides is 1. The number of hydrogen-bond donors (Lipinski definition) is 0. The Balaban J connectivity index is 1.69. The highest BCUT2D eigenvalue weighted by molar-refractivity contribution is 7.91. The fraction of sp³-hybridized carbons (Fsp3) is 0.615. The average Bonchev–Trinajstić information content (AvgIpc) is 3.18. The molecule has 1 aromatic rings. The maximum Gasteiger partial charge on any atom is 0.252 e. The van der Waals surface area contributed by atoms with Crippen molar-refractivity contribution in [2.24, 2.45) is 5.92 Å². The standard InChI is InChI=1S/C13H18N2O3S2/c16-13(11-4-5-11)14-6-2-7-15(9-8-14)20(17,18)12-3-1-10-19-12/h1,3,10-11H,2,4-9H2. The molecule has 20 heavy (non-hydrogen) atoms. The van der Waals surface area contributed by atoms with Crippen LogP contribution in [0.25, 0.3) is 0 Å². The number of thiophene rings is 1. The van der Waals surface area contributed by atoms with E-state index >= 15 is 0 Å². The lowest BCUT2D eigenvalue weighted by Gasteiger charge is -2.21. The van der Waals surface area contributed by atoms with Gasteiger partial charge in [-0.05, 0) is 30.7 Å². The zero-order valence-electron chi connectivity index (χ0n) is 11.2. The van der Waals surface area contributed by atoms with Crippen LogP contribution >= 0.6 is 11.3 Å². The Morgan fingerprint density at radius 3 is 2.65 bits per heavy atom. The van der Waals surface area contributed by atoms with Crippen LogP contribution in [-0.4, -0.2) is 49.7 Å². The summed E-state index contributed by atoms with van der Waals surface area (Å²) in [5.41, 5.74) is 0. The minimum atomic E-state index is -3.38. The minimum Gasteiger partial charge on any atom is -0.341 e. The van der Waals surface area contributed by atoms with Gasteiger partial charge < -0.3 is 4.90 Å². The van der Waals surface area contributed by atoms with Crippen LogP contribution in [0.5, 0.6) is 0 Å². The minimum absolute atomic E-state index is 0.204. The Bertz CT molecular complexity index is 579. The molecule has 1 saturated carbocycles. The summed E-state index contributed by atoms with van der Waals surface area (Å²) in [5, 5.41) is 1.77. The summed E-state index contributed by atoms with van der Waals surface area (Å²) in [6.07, 6.45) is 2.70. The molecule has 2 fully saturated rings. The summed E-state index contributed by atoms with van der Waals surface area (Å²) < 4.78 is 26.8. The molecule has 110 valence electrons. The summed E-state index contributed by atoms with van der Waals surface area (Å²) in [5.74, 6) is 0.413. The molecule has 1 aliphatic heterocycles. The van der Waals surface area contributed by atoms with Gasteiger partial charge in [-0.1, -0.05) is 6.07 Å². The fourth-order valence-corrected chi connectivity index (χ4v) is 5.09. The molecule has 5 nitrogen and oxygen atoms in total. The molecule has 0 unspecified atom stereocenters. The Hall–Kier alpha value is -0.920. The molecule has 1 aliphatic carbocycles. The van der Waals surface area contributed by atoms with Crippen molar-refractivity contribution < 1.29 is 13.2 Å². The highest BCUT2D eigenvalue weighted by atomic mass is 32.2. The van der Waals surface area contributed by atoms with E-state index in [1.807, 2.05) is 4.90 Å². The zero-order valence-corrected chi connectivity index (χ0v) is 12.8. The predicted octanol–water partition coefficient (Wildman–Crippen LogP) is 1.38. The van der Waals surface area contributed by atoms with Crippen molar-refractivity contribution in [3.8, 4) is 0 Å². The highest BCUT2D eigenvalue weighted by Crippen LogP contribution is 2.31. The van der Waals surface area contributed by atoms with Gasteiger partial charge in [0, 0.05) is 32.1 Å². The first kappa shape index (κ1) is 14.0. The normalized spacial score (nSPS) is 21.7. The van der Waals surface area contributed by atoms with E-state index in [0.717, 1.165) is 12.8 Å². The van der Waals surface area contributed by atoms with E-state index in [-0.39, 0.29) is 11.8 Å². The van der Waals surface area contributed by atoms with E-state index in [0.29, 0.717) is 36.8 Å². The van der Waals surface area contributed by atoms with Gasteiger partial charge in [0.25, 0.3) is 10.0 Å². The molecule has 3 rings (SSSR count). The number of sulfonamides is 1. The molecule has 0 N–H and O–H groups in total. The van der Waals surface area contributed by atoms with Gasteiger partial charge in [-0.2, -0.15) is 4.31 Å². The van der Waals surface area contributed by atoms with E-state index in [2.05, 4.69) is 0 Å². The van der Waals surface area contributed by atoms with Crippen molar-refractivity contribution in [2.75, 3.05) is 26.2 Å². The van der Waals surface area contributed by atoms with Crippen molar-refractivity contribution >= 4 is 27.3 Å². The van der Waals surface area contributed by atoms with Gasteiger partial charge in [0.2, 0.25) is 5.91 Å². The van der Waals surface area contributed by atoms with Crippen LogP contribution < -0.4 is 0 Å².